The average molecular weight is 633 g/mol. The maximum Gasteiger partial charge on any atom is 0.323 e. The zero-order valence-corrected chi connectivity index (χ0v) is 25.6. The third-order valence-corrected chi connectivity index (χ3v) is 6.90. The number of hydrogen-bond donors (Lipinski definition) is 5. The molecule has 1 heterocycles. The summed E-state index contributed by atoms with van der Waals surface area (Å²) in [5.41, 5.74) is 1.86. The summed E-state index contributed by atoms with van der Waals surface area (Å²) in [5.74, 6) is -2.32. The van der Waals surface area contributed by atoms with Gasteiger partial charge in [0.05, 0.1) is 18.0 Å². The Morgan fingerprint density at radius 2 is 1.63 bits per heavy atom. The van der Waals surface area contributed by atoms with Gasteiger partial charge in [-0.05, 0) is 59.9 Å². The number of esters is 1. The molecule has 0 aromatic heterocycles. The molecule has 5 N–H and O–H groups in total. The molecule has 3 aromatic carbocycles. The number of benzene rings is 3. The van der Waals surface area contributed by atoms with Gasteiger partial charge in [0.25, 0.3) is 0 Å². The molecule has 13 heteroatoms. The molecule has 1 aliphatic rings. The first-order valence-electron chi connectivity index (χ1n) is 14.6. The maximum atomic E-state index is 13.1. The summed E-state index contributed by atoms with van der Waals surface area (Å²) in [6, 6.07) is 16.5. The van der Waals surface area contributed by atoms with E-state index in [1.807, 2.05) is 13.8 Å². The minimum Gasteiger partial charge on any atom is -0.481 e. The highest BCUT2D eigenvalue weighted by atomic mass is 16.7. The zero-order chi connectivity index (χ0) is 33.2. The van der Waals surface area contributed by atoms with Crippen LogP contribution >= 0.6 is 0 Å². The van der Waals surface area contributed by atoms with Crippen LogP contribution in [0.5, 0.6) is 17.2 Å². The molecule has 0 fully saturated rings. The van der Waals surface area contributed by atoms with Crippen molar-refractivity contribution in [1.29, 1.82) is 0 Å². The first kappa shape index (κ1) is 33.3. The Balaban J connectivity index is 1.31. The third-order valence-electron chi connectivity index (χ3n) is 6.90. The van der Waals surface area contributed by atoms with Crippen LogP contribution in [0.1, 0.15) is 44.2 Å². The van der Waals surface area contributed by atoms with Crippen molar-refractivity contribution in [2.45, 2.75) is 45.6 Å². The second kappa shape index (κ2) is 15.4. The van der Waals surface area contributed by atoms with Crippen molar-refractivity contribution in [3.8, 4) is 17.2 Å². The highest BCUT2D eigenvalue weighted by molar-refractivity contribution is 6.01. The van der Waals surface area contributed by atoms with E-state index in [0.717, 1.165) is 0 Å². The SMILES string of the molecule is CC(=O)Oc1ccccc1NC(=O)Nc1ccc(CC(=O)N[C@@H](CC(C)C)C(=O)NC[C@@H](C(=O)O)c2ccc3c(c2)OCO3)cc1. The van der Waals surface area contributed by atoms with Crippen LogP contribution in [0.3, 0.4) is 0 Å². The van der Waals surface area contributed by atoms with E-state index in [1.54, 1.807) is 66.7 Å². The van der Waals surface area contributed by atoms with Gasteiger partial charge in [-0.2, -0.15) is 0 Å². The molecule has 0 aliphatic carbocycles. The quantitative estimate of drug-likeness (QED) is 0.137. The van der Waals surface area contributed by atoms with E-state index in [9.17, 15) is 29.1 Å². The Hall–Kier alpha value is -5.59. The van der Waals surface area contributed by atoms with Crippen LogP contribution in [0, 0.1) is 5.92 Å². The van der Waals surface area contributed by atoms with Crippen LogP contribution in [-0.4, -0.2) is 54.3 Å². The molecule has 0 radical (unpaired) electrons. The van der Waals surface area contributed by atoms with Crippen molar-refractivity contribution in [1.82, 2.24) is 10.6 Å². The van der Waals surface area contributed by atoms with E-state index in [1.165, 1.54) is 6.92 Å². The predicted octanol–water partition coefficient (Wildman–Crippen LogP) is 4.04. The fraction of sp³-hybridized carbons (Fsp3) is 0.303. The summed E-state index contributed by atoms with van der Waals surface area (Å²) >= 11 is 0. The van der Waals surface area contributed by atoms with Crippen LogP contribution in [0.4, 0.5) is 16.2 Å². The number of ether oxygens (including phenoxy) is 3. The standard InChI is InChI=1S/C33H36N4O9/c1-19(2)14-26(31(40)34-17-24(32(41)42)22-10-13-28-29(16-22)45-18-44-28)36-30(39)15-21-8-11-23(12-9-21)35-33(43)37-25-6-4-5-7-27(25)46-20(3)38/h4-13,16,19,24,26H,14-15,17-18H2,1-3H3,(H,34,40)(H,36,39)(H,41,42)(H2,35,37,43)/t24-,26+/m1/s1. The van der Waals surface area contributed by atoms with E-state index in [-0.39, 0.29) is 31.4 Å². The summed E-state index contributed by atoms with van der Waals surface area (Å²) in [7, 11) is 0. The highest BCUT2D eigenvalue weighted by Crippen LogP contribution is 2.34. The number of carboxylic acid groups (broad SMARTS) is 1. The van der Waals surface area contributed by atoms with Crippen molar-refractivity contribution in [2.24, 2.45) is 5.92 Å². The number of carbonyl (C=O) groups excluding carboxylic acids is 4. The summed E-state index contributed by atoms with van der Waals surface area (Å²) in [6.45, 7) is 4.96. The molecule has 2 atom stereocenters. The molecule has 0 bridgehead atoms. The van der Waals surface area contributed by atoms with Crippen LogP contribution < -0.4 is 35.5 Å². The Kier molecular flexibility index (Phi) is 11.2. The summed E-state index contributed by atoms with van der Waals surface area (Å²) in [4.78, 5) is 61.9. The predicted molar refractivity (Wildman–Crippen MR) is 168 cm³/mol. The van der Waals surface area contributed by atoms with Crippen LogP contribution in [0.2, 0.25) is 0 Å². The van der Waals surface area contributed by atoms with E-state index >= 15 is 0 Å². The van der Waals surface area contributed by atoms with Crippen LogP contribution in [0.15, 0.2) is 66.7 Å². The second-order valence-electron chi connectivity index (χ2n) is 11.0. The van der Waals surface area contributed by atoms with Gasteiger partial charge in [-0.15, -0.1) is 0 Å². The zero-order valence-electron chi connectivity index (χ0n) is 25.6. The van der Waals surface area contributed by atoms with Crippen molar-refractivity contribution in [2.75, 3.05) is 24.0 Å². The minimum atomic E-state index is -1.12. The van der Waals surface area contributed by atoms with Crippen molar-refractivity contribution < 1.29 is 43.3 Å². The lowest BCUT2D eigenvalue weighted by atomic mass is 9.98. The summed E-state index contributed by atoms with van der Waals surface area (Å²) < 4.78 is 15.7. The lowest BCUT2D eigenvalue weighted by molar-refractivity contribution is -0.139. The second-order valence-corrected chi connectivity index (χ2v) is 11.0. The Bertz CT molecular complexity index is 1590. The molecule has 46 heavy (non-hydrogen) atoms. The lowest BCUT2D eigenvalue weighted by Crippen LogP contribution is -2.49. The number of urea groups is 1. The summed E-state index contributed by atoms with van der Waals surface area (Å²) in [5, 5.41) is 20.6. The number of rotatable bonds is 13. The van der Waals surface area contributed by atoms with Crippen molar-refractivity contribution >= 4 is 41.2 Å². The van der Waals surface area contributed by atoms with Gasteiger partial charge < -0.3 is 40.6 Å². The van der Waals surface area contributed by atoms with Gasteiger partial charge >= 0.3 is 18.0 Å². The van der Waals surface area contributed by atoms with E-state index in [0.29, 0.717) is 40.4 Å². The molecular weight excluding hydrogens is 596 g/mol. The monoisotopic (exact) mass is 632 g/mol. The van der Waals surface area contributed by atoms with E-state index in [2.05, 4.69) is 21.3 Å². The number of carboxylic acids is 1. The number of aliphatic carboxylic acids is 1. The molecule has 3 aromatic rings. The Labute approximate surface area is 265 Å². The van der Waals surface area contributed by atoms with Crippen molar-refractivity contribution in [3.63, 3.8) is 0 Å². The molecule has 1 aliphatic heterocycles. The Morgan fingerprint density at radius 3 is 2.33 bits per heavy atom. The van der Waals surface area contributed by atoms with Gasteiger partial charge in [0, 0.05) is 19.2 Å². The van der Waals surface area contributed by atoms with Gasteiger partial charge in [-0.3, -0.25) is 19.2 Å². The average Bonchev–Trinajstić information content (AvgIpc) is 3.46. The molecule has 0 unspecified atom stereocenters. The van der Waals surface area contributed by atoms with Gasteiger partial charge in [0.2, 0.25) is 18.6 Å². The van der Waals surface area contributed by atoms with Gasteiger partial charge in [-0.1, -0.05) is 44.2 Å². The highest BCUT2D eigenvalue weighted by Gasteiger charge is 2.27. The van der Waals surface area contributed by atoms with E-state index < -0.39 is 41.7 Å². The minimum absolute atomic E-state index is 0.0287. The molecule has 0 spiro atoms. The molecule has 0 saturated heterocycles. The largest absolute Gasteiger partial charge is 0.481 e. The normalized spacial score (nSPS) is 12.9. The molecule has 4 amide bonds. The third kappa shape index (κ3) is 9.45. The fourth-order valence-corrected chi connectivity index (χ4v) is 4.74. The molecule has 4 rings (SSSR count). The number of amides is 4. The Morgan fingerprint density at radius 1 is 0.913 bits per heavy atom. The number of carbonyl (C=O) groups is 5. The first-order chi connectivity index (χ1) is 22.0. The lowest BCUT2D eigenvalue weighted by Gasteiger charge is -2.22. The fourth-order valence-electron chi connectivity index (χ4n) is 4.74. The number of para-hydroxylation sites is 2. The number of nitrogens with one attached hydrogen (secondary N) is 4. The number of hydrogen-bond acceptors (Lipinski definition) is 8. The van der Waals surface area contributed by atoms with Gasteiger partial charge in [0.15, 0.2) is 17.2 Å². The van der Waals surface area contributed by atoms with E-state index in [4.69, 9.17) is 14.2 Å². The van der Waals surface area contributed by atoms with Gasteiger partial charge in [-0.25, -0.2) is 4.79 Å². The van der Waals surface area contributed by atoms with Crippen LogP contribution in [-0.2, 0) is 25.6 Å². The molecule has 242 valence electrons. The number of fused-ring (bicyclic) bond motifs is 1. The van der Waals surface area contributed by atoms with Crippen LogP contribution in [0.25, 0.3) is 0 Å². The van der Waals surface area contributed by atoms with Crippen molar-refractivity contribution in [3.05, 3.63) is 77.9 Å². The maximum absolute atomic E-state index is 13.1. The smallest absolute Gasteiger partial charge is 0.323 e. The summed E-state index contributed by atoms with van der Waals surface area (Å²) in [6.07, 6.45) is 0.316. The first-order valence-corrected chi connectivity index (χ1v) is 14.6. The molecule has 13 nitrogen and oxygen atoms in total. The number of anilines is 2. The topological polar surface area (TPSA) is 181 Å². The van der Waals surface area contributed by atoms with Gasteiger partial charge in [0.1, 0.15) is 6.04 Å². The molecule has 0 saturated carbocycles. The molecular formula is C33H36N4O9.